The summed E-state index contributed by atoms with van der Waals surface area (Å²) >= 11 is 0. The number of rotatable bonds is 5. The summed E-state index contributed by atoms with van der Waals surface area (Å²) in [6, 6.07) is 14.0. The molecule has 0 aromatic heterocycles. The largest absolute Gasteiger partial charge is 0.342 e. The summed E-state index contributed by atoms with van der Waals surface area (Å²) in [6.45, 7) is 3.57. The number of Topliss-reactive ketones (excluding diaryl/α,β-unsaturated/α-hetero) is 1. The molecule has 2 aliphatic heterocycles. The number of piperidine rings is 1. The number of likely N-dealkylation sites (tertiary alicyclic amines) is 1. The second kappa shape index (κ2) is 8.84. The number of nitrogens with zero attached hydrogens (tertiary/aromatic N) is 2. The van der Waals surface area contributed by atoms with Crippen LogP contribution in [-0.4, -0.2) is 54.4 Å². The fourth-order valence-electron chi connectivity index (χ4n) is 4.20. The predicted molar refractivity (Wildman–Crippen MR) is 109 cm³/mol. The maximum Gasteiger partial charge on any atom is 0.223 e. The lowest BCUT2D eigenvalue weighted by molar-refractivity contribution is -0.182. The number of carbonyl (C=O) groups is 2. The summed E-state index contributed by atoms with van der Waals surface area (Å²) in [4.78, 5) is 33.2. The van der Waals surface area contributed by atoms with E-state index in [1.54, 1.807) is 0 Å². The van der Waals surface area contributed by atoms with Crippen LogP contribution in [0, 0.1) is 5.92 Å². The molecule has 28 heavy (non-hydrogen) atoms. The van der Waals surface area contributed by atoms with Crippen LogP contribution >= 0.6 is 0 Å². The number of ketones is 1. The summed E-state index contributed by atoms with van der Waals surface area (Å²) < 4.78 is 0. The number of carbonyl (C=O) groups excluding carboxylic acids is 2. The first-order valence-electron chi connectivity index (χ1n) is 10.4. The van der Waals surface area contributed by atoms with Crippen molar-refractivity contribution in [2.75, 3.05) is 32.8 Å². The van der Waals surface area contributed by atoms with E-state index in [9.17, 15) is 9.59 Å². The Hall–Kier alpha value is -2.24. The van der Waals surface area contributed by atoms with Crippen molar-refractivity contribution < 1.29 is 14.4 Å². The molecule has 148 valence electrons. The molecule has 0 aliphatic carbocycles. The molecule has 5 nitrogen and oxygen atoms in total. The Morgan fingerprint density at radius 2 is 1.86 bits per heavy atom. The van der Waals surface area contributed by atoms with E-state index >= 15 is 0 Å². The second-order valence-corrected chi connectivity index (χ2v) is 7.82. The van der Waals surface area contributed by atoms with Crippen LogP contribution in [0.1, 0.15) is 42.5 Å². The van der Waals surface area contributed by atoms with Crippen molar-refractivity contribution in [2.45, 2.75) is 32.1 Å². The highest BCUT2D eigenvalue weighted by molar-refractivity contribution is 6.01. The zero-order valence-corrected chi connectivity index (χ0v) is 16.3. The molecule has 1 unspecified atom stereocenters. The molecule has 2 heterocycles. The minimum atomic E-state index is -0.106. The van der Waals surface area contributed by atoms with Crippen LogP contribution < -0.4 is 0 Å². The third kappa shape index (κ3) is 4.42. The Morgan fingerprint density at radius 1 is 1.00 bits per heavy atom. The highest BCUT2D eigenvalue weighted by atomic mass is 16.7. The molecule has 2 aromatic rings. The fraction of sp³-hybridized carbons (Fsp3) is 0.478. The SMILES string of the molecule is O=C(c1ccc2ccccc2c1)C1CCCN(C(=O)CCN2CCCCO2)C1. The van der Waals surface area contributed by atoms with Gasteiger partial charge >= 0.3 is 0 Å². The summed E-state index contributed by atoms with van der Waals surface area (Å²) in [5.74, 6) is 0.179. The van der Waals surface area contributed by atoms with E-state index in [1.165, 1.54) is 0 Å². The molecule has 1 amide bonds. The second-order valence-electron chi connectivity index (χ2n) is 7.82. The molecule has 2 fully saturated rings. The van der Waals surface area contributed by atoms with Crippen molar-refractivity contribution in [1.29, 1.82) is 0 Å². The molecule has 2 saturated heterocycles. The van der Waals surface area contributed by atoms with E-state index in [1.807, 2.05) is 46.4 Å². The van der Waals surface area contributed by atoms with Crippen molar-refractivity contribution in [1.82, 2.24) is 9.96 Å². The third-order valence-corrected chi connectivity index (χ3v) is 5.83. The maximum atomic E-state index is 13.1. The first-order valence-corrected chi connectivity index (χ1v) is 10.4. The zero-order chi connectivity index (χ0) is 19.3. The molecular formula is C23H28N2O3. The highest BCUT2D eigenvalue weighted by Crippen LogP contribution is 2.24. The van der Waals surface area contributed by atoms with Gasteiger partial charge in [0.2, 0.25) is 5.91 Å². The first-order chi connectivity index (χ1) is 13.7. The van der Waals surface area contributed by atoms with Crippen molar-refractivity contribution in [3.63, 3.8) is 0 Å². The van der Waals surface area contributed by atoms with Gasteiger partial charge in [-0.2, -0.15) is 5.06 Å². The molecule has 2 aromatic carbocycles. The van der Waals surface area contributed by atoms with Gasteiger partial charge < -0.3 is 4.90 Å². The van der Waals surface area contributed by atoms with Crippen molar-refractivity contribution in [3.8, 4) is 0 Å². The lowest BCUT2D eigenvalue weighted by Crippen LogP contribution is -2.43. The number of hydroxylamine groups is 2. The van der Waals surface area contributed by atoms with Gasteiger partial charge in [0.25, 0.3) is 0 Å². The van der Waals surface area contributed by atoms with Gasteiger partial charge in [-0.25, -0.2) is 0 Å². The van der Waals surface area contributed by atoms with Crippen LogP contribution in [0.3, 0.4) is 0 Å². The number of fused-ring (bicyclic) bond motifs is 1. The van der Waals surface area contributed by atoms with Crippen LogP contribution in [0.4, 0.5) is 0 Å². The Kier molecular flexibility index (Phi) is 6.03. The van der Waals surface area contributed by atoms with Gasteiger partial charge in [-0.1, -0.05) is 36.4 Å². The quantitative estimate of drug-likeness (QED) is 0.743. The zero-order valence-electron chi connectivity index (χ0n) is 16.3. The molecular weight excluding hydrogens is 352 g/mol. The molecule has 0 saturated carbocycles. The van der Waals surface area contributed by atoms with Gasteiger partial charge in [-0.15, -0.1) is 0 Å². The van der Waals surface area contributed by atoms with Crippen molar-refractivity contribution in [3.05, 3.63) is 48.0 Å². The maximum absolute atomic E-state index is 13.1. The van der Waals surface area contributed by atoms with E-state index in [2.05, 4.69) is 6.07 Å². The Balaban J connectivity index is 1.36. The van der Waals surface area contributed by atoms with Crippen LogP contribution in [0.2, 0.25) is 0 Å². The predicted octanol–water partition coefficient (Wildman–Crippen LogP) is 3.68. The van der Waals surface area contributed by atoms with Gasteiger partial charge in [-0.3, -0.25) is 14.4 Å². The molecule has 0 N–H and O–H groups in total. The number of hydrogen-bond donors (Lipinski definition) is 0. The van der Waals surface area contributed by atoms with Gasteiger partial charge in [0.15, 0.2) is 5.78 Å². The van der Waals surface area contributed by atoms with Gasteiger partial charge in [0.1, 0.15) is 0 Å². The lowest BCUT2D eigenvalue weighted by Gasteiger charge is -2.33. The molecule has 2 aliphatic rings. The Bertz CT molecular complexity index is 845. The topological polar surface area (TPSA) is 49.9 Å². The molecule has 4 rings (SSSR count). The minimum absolute atomic E-state index is 0.106. The highest BCUT2D eigenvalue weighted by Gasteiger charge is 2.29. The van der Waals surface area contributed by atoms with E-state index < -0.39 is 0 Å². The van der Waals surface area contributed by atoms with Crippen LogP contribution in [0.25, 0.3) is 10.8 Å². The monoisotopic (exact) mass is 380 g/mol. The summed E-state index contributed by atoms with van der Waals surface area (Å²) in [7, 11) is 0. The van der Waals surface area contributed by atoms with Gasteiger partial charge in [0, 0.05) is 44.1 Å². The standard InChI is InChI=1S/C23H28N2O3/c26-22(11-14-25-13-3-4-15-28-25)24-12-5-8-21(17-24)23(27)20-10-9-18-6-1-2-7-19(18)16-20/h1-2,6-7,9-10,16,21H,3-5,8,11-15,17H2. The summed E-state index contributed by atoms with van der Waals surface area (Å²) in [6.07, 6.45) is 4.41. The fourth-order valence-corrected chi connectivity index (χ4v) is 4.20. The van der Waals surface area contributed by atoms with Crippen LogP contribution in [-0.2, 0) is 9.63 Å². The van der Waals surface area contributed by atoms with E-state index in [-0.39, 0.29) is 17.6 Å². The van der Waals surface area contributed by atoms with Crippen molar-refractivity contribution >= 4 is 22.5 Å². The Morgan fingerprint density at radius 3 is 2.68 bits per heavy atom. The number of benzene rings is 2. The van der Waals surface area contributed by atoms with Gasteiger partial charge in [0.05, 0.1) is 6.61 Å². The molecule has 0 radical (unpaired) electrons. The lowest BCUT2D eigenvalue weighted by atomic mass is 9.89. The van der Waals surface area contributed by atoms with Crippen LogP contribution in [0.5, 0.6) is 0 Å². The summed E-state index contributed by atoms with van der Waals surface area (Å²) in [5.41, 5.74) is 0.750. The molecule has 0 bridgehead atoms. The van der Waals surface area contributed by atoms with Crippen LogP contribution in [0.15, 0.2) is 42.5 Å². The Labute approximate surface area is 166 Å². The van der Waals surface area contributed by atoms with E-state index in [0.29, 0.717) is 19.5 Å². The minimum Gasteiger partial charge on any atom is -0.342 e. The van der Waals surface area contributed by atoms with Crippen molar-refractivity contribution in [2.24, 2.45) is 5.92 Å². The number of amides is 1. The van der Waals surface area contributed by atoms with Gasteiger partial charge in [-0.05, 0) is 42.5 Å². The smallest absolute Gasteiger partial charge is 0.223 e. The summed E-state index contributed by atoms with van der Waals surface area (Å²) in [5, 5.41) is 4.13. The number of hydrogen-bond acceptors (Lipinski definition) is 4. The third-order valence-electron chi connectivity index (χ3n) is 5.83. The average molecular weight is 380 g/mol. The van der Waals surface area contributed by atoms with E-state index in [0.717, 1.165) is 61.7 Å². The van der Waals surface area contributed by atoms with E-state index in [4.69, 9.17) is 4.84 Å². The molecule has 5 heteroatoms. The average Bonchev–Trinajstić information content (AvgIpc) is 2.77. The first kappa shape index (κ1) is 19.1. The molecule has 1 atom stereocenters. The molecule has 0 spiro atoms. The normalized spacial score (nSPS) is 21.0.